The Labute approximate surface area is 108 Å². The van der Waals surface area contributed by atoms with Crippen LogP contribution in [0, 0.1) is 0 Å². The molecule has 0 spiro atoms. The monoisotopic (exact) mass is 267 g/mol. The van der Waals surface area contributed by atoms with E-state index in [1.807, 2.05) is 0 Å². The Morgan fingerprint density at radius 1 is 1.35 bits per heavy atom. The molecule has 0 radical (unpaired) electrons. The zero-order chi connectivity index (χ0) is 11.8. The predicted octanol–water partition coefficient (Wildman–Crippen LogP) is -0.951. The van der Waals surface area contributed by atoms with Gasteiger partial charge in [-0.25, -0.2) is 0 Å². The number of nitrogens with one attached hydrogen (secondary N) is 2. The maximum absolute atomic E-state index is 11.6. The first-order valence-electron chi connectivity index (χ1n) is 5.51. The normalized spacial score (nSPS) is 16.6. The predicted molar refractivity (Wildman–Crippen MR) is 67.4 cm³/mol. The minimum Gasteiger partial charge on any atom is -0.354 e. The Bertz CT molecular complexity index is 209. The van der Waals surface area contributed by atoms with Crippen LogP contribution >= 0.6 is 12.4 Å². The topological polar surface area (TPSA) is 62.8 Å². The van der Waals surface area contributed by atoms with Crippen LogP contribution < -0.4 is 10.6 Å². The summed E-state index contributed by atoms with van der Waals surface area (Å²) in [6, 6.07) is 0. The molecule has 0 unspecified atom stereocenters. The highest BCUT2D eigenvalue weighted by atomic mass is 35.5. The Balaban J connectivity index is 0.00000256. The molecule has 0 aromatic heterocycles. The first-order chi connectivity index (χ1) is 7.76. The molecule has 1 aliphatic rings. The smallest absolute Gasteiger partial charge is 0.234 e. The first kappa shape index (κ1) is 16.6. The second-order valence-electron chi connectivity index (χ2n) is 3.73. The fraction of sp³-hybridized carbons (Fsp3) is 0.900. The third kappa shape index (κ3) is 6.80. The average Bonchev–Trinajstić information content (AvgIpc) is 2.31. The van der Waals surface area contributed by atoms with E-state index in [-0.39, 0.29) is 24.6 Å². The lowest BCUT2D eigenvalue weighted by Crippen LogP contribution is -2.48. The van der Waals surface area contributed by atoms with Crippen LogP contribution in [0.5, 0.6) is 0 Å². The number of ether oxygens (including phenoxy) is 2. The fourth-order valence-electron chi connectivity index (χ4n) is 1.59. The van der Waals surface area contributed by atoms with E-state index >= 15 is 0 Å². The van der Waals surface area contributed by atoms with Gasteiger partial charge in [0.25, 0.3) is 0 Å². The van der Waals surface area contributed by atoms with E-state index in [0.29, 0.717) is 13.1 Å². The van der Waals surface area contributed by atoms with Crippen molar-refractivity contribution in [2.45, 2.75) is 6.29 Å². The summed E-state index contributed by atoms with van der Waals surface area (Å²) >= 11 is 0. The van der Waals surface area contributed by atoms with Gasteiger partial charge in [-0.05, 0) is 0 Å². The van der Waals surface area contributed by atoms with Gasteiger partial charge in [-0.1, -0.05) is 0 Å². The lowest BCUT2D eigenvalue weighted by molar-refractivity contribution is -0.128. The third-order valence-corrected chi connectivity index (χ3v) is 2.57. The summed E-state index contributed by atoms with van der Waals surface area (Å²) in [4.78, 5) is 13.7. The van der Waals surface area contributed by atoms with Crippen molar-refractivity contribution in [2.24, 2.45) is 0 Å². The quantitative estimate of drug-likeness (QED) is 0.608. The van der Waals surface area contributed by atoms with E-state index in [9.17, 15) is 4.79 Å². The van der Waals surface area contributed by atoms with E-state index in [2.05, 4.69) is 15.5 Å². The van der Waals surface area contributed by atoms with Crippen LogP contribution in [0.3, 0.4) is 0 Å². The van der Waals surface area contributed by atoms with Crippen LogP contribution in [-0.4, -0.2) is 70.6 Å². The minimum absolute atomic E-state index is 0. The molecule has 1 fully saturated rings. The average molecular weight is 268 g/mol. The Hall–Kier alpha value is -0.400. The number of hydrogen-bond acceptors (Lipinski definition) is 5. The third-order valence-electron chi connectivity index (χ3n) is 2.57. The molecule has 1 aliphatic heterocycles. The SMILES string of the molecule is COC(CNC(=O)CN1CCNCC1)OC.Cl. The highest BCUT2D eigenvalue weighted by Gasteiger charge is 2.14. The largest absolute Gasteiger partial charge is 0.354 e. The van der Waals surface area contributed by atoms with Crippen LogP contribution in [0.1, 0.15) is 0 Å². The first-order valence-corrected chi connectivity index (χ1v) is 5.51. The summed E-state index contributed by atoms with van der Waals surface area (Å²) in [7, 11) is 3.10. The molecule has 6 nitrogen and oxygen atoms in total. The van der Waals surface area contributed by atoms with Gasteiger partial charge in [0.05, 0.1) is 13.1 Å². The van der Waals surface area contributed by atoms with Crippen LogP contribution in [0.15, 0.2) is 0 Å². The Morgan fingerprint density at radius 3 is 2.47 bits per heavy atom. The number of amides is 1. The molecule has 17 heavy (non-hydrogen) atoms. The molecule has 0 saturated carbocycles. The molecule has 1 rings (SSSR count). The van der Waals surface area contributed by atoms with Crippen molar-refractivity contribution in [2.75, 3.05) is 53.5 Å². The zero-order valence-electron chi connectivity index (χ0n) is 10.4. The van der Waals surface area contributed by atoms with Gasteiger partial charge in [-0.2, -0.15) is 0 Å². The zero-order valence-corrected chi connectivity index (χ0v) is 11.2. The summed E-state index contributed by atoms with van der Waals surface area (Å²) in [6.07, 6.45) is -0.369. The number of piperazine rings is 1. The van der Waals surface area contributed by atoms with Gasteiger partial charge in [0, 0.05) is 40.4 Å². The van der Waals surface area contributed by atoms with Crippen molar-refractivity contribution in [1.82, 2.24) is 15.5 Å². The van der Waals surface area contributed by atoms with Crippen molar-refractivity contribution >= 4 is 18.3 Å². The number of methoxy groups -OCH3 is 2. The summed E-state index contributed by atoms with van der Waals surface area (Å²) in [5.74, 6) is 0.0148. The number of carbonyl (C=O) groups excluding carboxylic acids is 1. The summed E-state index contributed by atoms with van der Waals surface area (Å²) in [6.45, 7) is 4.58. The van der Waals surface area contributed by atoms with Crippen LogP contribution in [-0.2, 0) is 14.3 Å². The van der Waals surface area contributed by atoms with Crippen LogP contribution in [0.2, 0.25) is 0 Å². The van der Waals surface area contributed by atoms with E-state index in [1.54, 1.807) is 14.2 Å². The van der Waals surface area contributed by atoms with E-state index < -0.39 is 0 Å². The number of nitrogens with zero attached hydrogens (tertiary/aromatic N) is 1. The fourth-order valence-corrected chi connectivity index (χ4v) is 1.59. The van der Waals surface area contributed by atoms with Gasteiger partial charge >= 0.3 is 0 Å². The van der Waals surface area contributed by atoms with E-state index in [1.165, 1.54) is 0 Å². The summed E-state index contributed by atoms with van der Waals surface area (Å²) < 4.78 is 9.96. The van der Waals surface area contributed by atoms with Gasteiger partial charge in [0.1, 0.15) is 0 Å². The van der Waals surface area contributed by atoms with Crippen molar-refractivity contribution < 1.29 is 14.3 Å². The maximum Gasteiger partial charge on any atom is 0.234 e. The highest BCUT2D eigenvalue weighted by Crippen LogP contribution is 1.92. The molecule has 0 aromatic rings. The van der Waals surface area contributed by atoms with E-state index in [0.717, 1.165) is 26.2 Å². The molecule has 7 heteroatoms. The van der Waals surface area contributed by atoms with Gasteiger partial charge < -0.3 is 20.1 Å². The molecule has 0 aliphatic carbocycles. The lowest BCUT2D eigenvalue weighted by Gasteiger charge is -2.26. The minimum atomic E-state index is -0.369. The number of halogens is 1. The van der Waals surface area contributed by atoms with Gasteiger partial charge in [-0.3, -0.25) is 9.69 Å². The molecule has 0 aromatic carbocycles. The molecule has 1 amide bonds. The molecule has 102 valence electrons. The second-order valence-corrected chi connectivity index (χ2v) is 3.73. The number of hydrogen-bond donors (Lipinski definition) is 2. The standard InChI is InChI=1S/C10H21N3O3.ClH/c1-15-10(16-2)7-12-9(14)8-13-5-3-11-4-6-13;/h10-11H,3-8H2,1-2H3,(H,12,14);1H. The second kappa shape index (κ2) is 9.61. The van der Waals surface area contributed by atoms with Crippen LogP contribution in [0.25, 0.3) is 0 Å². The Morgan fingerprint density at radius 2 is 1.94 bits per heavy atom. The highest BCUT2D eigenvalue weighted by molar-refractivity contribution is 5.85. The van der Waals surface area contributed by atoms with Crippen LogP contribution in [0.4, 0.5) is 0 Å². The molecule has 1 heterocycles. The summed E-state index contributed by atoms with van der Waals surface area (Å²) in [5.41, 5.74) is 0. The van der Waals surface area contributed by atoms with Crippen molar-refractivity contribution in [1.29, 1.82) is 0 Å². The maximum atomic E-state index is 11.6. The molecule has 0 bridgehead atoms. The Kier molecular flexibility index (Phi) is 9.39. The van der Waals surface area contributed by atoms with Gasteiger partial charge in [0.15, 0.2) is 6.29 Å². The van der Waals surface area contributed by atoms with Crippen molar-refractivity contribution in [3.05, 3.63) is 0 Å². The van der Waals surface area contributed by atoms with E-state index in [4.69, 9.17) is 9.47 Å². The van der Waals surface area contributed by atoms with Gasteiger partial charge in [0.2, 0.25) is 5.91 Å². The van der Waals surface area contributed by atoms with Gasteiger partial charge in [-0.15, -0.1) is 12.4 Å². The molecule has 1 saturated heterocycles. The van der Waals surface area contributed by atoms with Crippen molar-refractivity contribution in [3.8, 4) is 0 Å². The molecular weight excluding hydrogens is 246 g/mol. The molecule has 0 atom stereocenters. The molecule has 2 N–H and O–H groups in total. The number of carbonyl (C=O) groups is 1. The lowest BCUT2D eigenvalue weighted by atomic mass is 10.3. The summed E-state index contributed by atoms with van der Waals surface area (Å²) in [5, 5.41) is 6.02. The molecular formula is C10H22ClN3O3. The number of rotatable bonds is 6. The van der Waals surface area contributed by atoms with Crippen molar-refractivity contribution in [3.63, 3.8) is 0 Å².